The van der Waals surface area contributed by atoms with E-state index in [1.165, 1.54) is 37.3 Å². The van der Waals surface area contributed by atoms with Crippen LogP contribution in [0, 0.1) is 0 Å². The smallest absolute Gasteiger partial charge is 0.0895 e. The molecule has 0 aromatic carbocycles. The van der Waals surface area contributed by atoms with Gasteiger partial charge >= 0.3 is 0 Å². The van der Waals surface area contributed by atoms with Crippen LogP contribution in [0.3, 0.4) is 0 Å². The highest BCUT2D eigenvalue weighted by Crippen LogP contribution is 2.29. The molecule has 2 unspecified atom stereocenters. The molecule has 2 bridgehead atoms. The first kappa shape index (κ1) is 9.69. The van der Waals surface area contributed by atoms with Crippen LogP contribution in [0.15, 0.2) is 5.38 Å². The molecule has 0 saturated carbocycles. The van der Waals surface area contributed by atoms with Crippen molar-refractivity contribution in [2.75, 3.05) is 13.1 Å². The maximum atomic E-state index is 4.14. The largest absolute Gasteiger partial charge is 0.315 e. The van der Waals surface area contributed by atoms with E-state index in [9.17, 15) is 0 Å². The Morgan fingerprint density at radius 2 is 2.33 bits per heavy atom. The Balaban J connectivity index is 1.74. The summed E-state index contributed by atoms with van der Waals surface area (Å²) in [6.45, 7) is 3.31. The lowest BCUT2D eigenvalue weighted by molar-refractivity contribution is 0.191. The first-order valence-electron chi connectivity index (χ1n) is 5.66. The van der Waals surface area contributed by atoms with E-state index in [-0.39, 0.29) is 0 Å². The van der Waals surface area contributed by atoms with Gasteiger partial charge in [-0.2, -0.15) is 0 Å². The quantitative estimate of drug-likeness (QED) is 0.809. The minimum atomic E-state index is 0.721. The van der Waals surface area contributed by atoms with Crippen molar-refractivity contribution in [1.29, 1.82) is 0 Å². The fourth-order valence-corrected chi connectivity index (χ4v) is 3.22. The van der Waals surface area contributed by atoms with Gasteiger partial charge in [0.15, 0.2) is 0 Å². The highest BCUT2D eigenvalue weighted by atomic mass is 32.1. The van der Waals surface area contributed by atoms with Crippen molar-refractivity contribution in [1.82, 2.24) is 19.8 Å². The molecule has 0 aliphatic carbocycles. The standard InChI is InChI=1S/C10H16N4S/c1-2-10-5-11-4-3-9(1)14(10)6-8-7-15-13-12-8/h7,9-11H,1-6H2. The molecular weight excluding hydrogens is 208 g/mol. The molecule has 3 heterocycles. The molecule has 0 amide bonds. The molecule has 2 aliphatic heterocycles. The van der Waals surface area contributed by atoms with E-state index in [0.717, 1.165) is 30.9 Å². The van der Waals surface area contributed by atoms with Crippen LogP contribution >= 0.6 is 11.5 Å². The second-order valence-corrected chi connectivity index (χ2v) is 5.06. The van der Waals surface area contributed by atoms with Gasteiger partial charge in [0.1, 0.15) is 0 Å². The van der Waals surface area contributed by atoms with E-state index in [1.54, 1.807) is 0 Å². The number of aromatic nitrogens is 2. The molecule has 2 saturated heterocycles. The summed E-state index contributed by atoms with van der Waals surface area (Å²) in [7, 11) is 0. The van der Waals surface area contributed by atoms with Crippen molar-refractivity contribution < 1.29 is 0 Å². The molecule has 1 aromatic heterocycles. The molecule has 5 heteroatoms. The number of rotatable bonds is 2. The third-order valence-corrected chi connectivity index (χ3v) is 4.11. The minimum absolute atomic E-state index is 0.721. The predicted octanol–water partition coefficient (Wildman–Crippen LogP) is 0.864. The monoisotopic (exact) mass is 224 g/mol. The van der Waals surface area contributed by atoms with Crippen molar-refractivity contribution >= 4 is 11.5 Å². The molecule has 2 fully saturated rings. The number of hydrogen-bond acceptors (Lipinski definition) is 5. The molecule has 1 aromatic rings. The van der Waals surface area contributed by atoms with Crippen molar-refractivity contribution in [2.45, 2.75) is 37.9 Å². The normalized spacial score (nSPS) is 31.7. The summed E-state index contributed by atoms with van der Waals surface area (Å²) in [4.78, 5) is 2.62. The van der Waals surface area contributed by atoms with Crippen LogP contribution in [0.2, 0.25) is 0 Å². The SMILES string of the molecule is c1snnc1CN1C2CCNCC1CC2. The van der Waals surface area contributed by atoms with Gasteiger partial charge in [-0.1, -0.05) is 4.49 Å². The van der Waals surface area contributed by atoms with Gasteiger partial charge in [-0.15, -0.1) is 5.10 Å². The second-order valence-electron chi connectivity index (χ2n) is 4.45. The Kier molecular flexibility index (Phi) is 2.68. The molecule has 2 atom stereocenters. The van der Waals surface area contributed by atoms with E-state index in [1.807, 2.05) is 0 Å². The summed E-state index contributed by atoms with van der Waals surface area (Å²) in [6.07, 6.45) is 3.99. The Morgan fingerprint density at radius 3 is 3.20 bits per heavy atom. The van der Waals surface area contributed by atoms with Crippen molar-refractivity contribution in [3.8, 4) is 0 Å². The van der Waals surface area contributed by atoms with Gasteiger partial charge in [-0.3, -0.25) is 4.90 Å². The van der Waals surface area contributed by atoms with E-state index in [4.69, 9.17) is 0 Å². The van der Waals surface area contributed by atoms with Crippen LogP contribution in [-0.4, -0.2) is 39.7 Å². The van der Waals surface area contributed by atoms with E-state index in [2.05, 4.69) is 25.2 Å². The zero-order chi connectivity index (χ0) is 10.1. The summed E-state index contributed by atoms with van der Waals surface area (Å²) in [5, 5.41) is 9.72. The topological polar surface area (TPSA) is 41.1 Å². The summed E-state index contributed by atoms with van der Waals surface area (Å²) in [5.74, 6) is 0. The van der Waals surface area contributed by atoms with Crippen LogP contribution in [0.5, 0.6) is 0 Å². The third-order valence-electron chi connectivity index (χ3n) is 3.56. The first-order valence-corrected chi connectivity index (χ1v) is 6.49. The molecule has 0 radical (unpaired) electrons. The van der Waals surface area contributed by atoms with Gasteiger partial charge in [0, 0.05) is 30.6 Å². The highest BCUT2D eigenvalue weighted by molar-refractivity contribution is 7.03. The zero-order valence-electron chi connectivity index (χ0n) is 8.72. The van der Waals surface area contributed by atoms with Gasteiger partial charge in [-0.05, 0) is 37.3 Å². The molecule has 0 spiro atoms. The number of nitrogens with one attached hydrogen (secondary N) is 1. The lowest BCUT2D eigenvalue weighted by Gasteiger charge is -2.26. The third kappa shape index (κ3) is 1.91. The van der Waals surface area contributed by atoms with Gasteiger partial charge in [0.05, 0.1) is 5.69 Å². The lowest BCUT2D eigenvalue weighted by Crippen LogP contribution is -2.37. The van der Waals surface area contributed by atoms with Gasteiger partial charge in [0.25, 0.3) is 0 Å². The molecule has 2 aliphatic rings. The maximum absolute atomic E-state index is 4.14. The Labute approximate surface area is 93.8 Å². The fraction of sp³-hybridized carbons (Fsp3) is 0.800. The zero-order valence-corrected chi connectivity index (χ0v) is 9.54. The highest BCUT2D eigenvalue weighted by Gasteiger charge is 2.34. The van der Waals surface area contributed by atoms with Crippen LogP contribution in [0.25, 0.3) is 0 Å². The molecule has 15 heavy (non-hydrogen) atoms. The van der Waals surface area contributed by atoms with E-state index >= 15 is 0 Å². The number of hydrogen-bond donors (Lipinski definition) is 1. The van der Waals surface area contributed by atoms with Crippen molar-refractivity contribution in [3.63, 3.8) is 0 Å². The van der Waals surface area contributed by atoms with Crippen LogP contribution < -0.4 is 5.32 Å². The number of fused-ring (bicyclic) bond motifs is 2. The lowest BCUT2D eigenvalue weighted by atomic mass is 10.1. The first-order chi connectivity index (χ1) is 7.43. The van der Waals surface area contributed by atoms with E-state index in [0.29, 0.717) is 0 Å². The average Bonchev–Trinajstić information content (AvgIpc) is 2.76. The Bertz CT molecular complexity index is 299. The second kappa shape index (κ2) is 4.15. The maximum Gasteiger partial charge on any atom is 0.0895 e. The number of nitrogens with zero attached hydrogens (tertiary/aromatic N) is 3. The summed E-state index contributed by atoms with van der Waals surface area (Å²) >= 11 is 1.45. The van der Waals surface area contributed by atoms with Crippen molar-refractivity contribution in [2.24, 2.45) is 0 Å². The average molecular weight is 224 g/mol. The van der Waals surface area contributed by atoms with Crippen LogP contribution in [0.1, 0.15) is 25.0 Å². The molecule has 1 N–H and O–H groups in total. The van der Waals surface area contributed by atoms with Crippen LogP contribution in [0.4, 0.5) is 0 Å². The molecule has 82 valence electrons. The Hall–Kier alpha value is -0.520. The van der Waals surface area contributed by atoms with Crippen LogP contribution in [-0.2, 0) is 6.54 Å². The fourth-order valence-electron chi connectivity index (χ4n) is 2.78. The molecular formula is C10H16N4S. The molecule has 3 rings (SSSR count). The Morgan fingerprint density at radius 1 is 1.40 bits per heavy atom. The molecule has 4 nitrogen and oxygen atoms in total. The predicted molar refractivity (Wildman–Crippen MR) is 59.7 cm³/mol. The van der Waals surface area contributed by atoms with E-state index < -0.39 is 0 Å². The summed E-state index contributed by atoms with van der Waals surface area (Å²) < 4.78 is 3.93. The summed E-state index contributed by atoms with van der Waals surface area (Å²) in [6, 6.07) is 1.49. The van der Waals surface area contributed by atoms with Crippen molar-refractivity contribution in [3.05, 3.63) is 11.1 Å². The summed E-state index contributed by atoms with van der Waals surface area (Å²) in [5.41, 5.74) is 1.14. The van der Waals surface area contributed by atoms with Gasteiger partial charge in [-0.25, -0.2) is 0 Å². The minimum Gasteiger partial charge on any atom is -0.315 e. The van der Waals surface area contributed by atoms with Gasteiger partial charge in [0.2, 0.25) is 0 Å². The van der Waals surface area contributed by atoms with Gasteiger partial charge < -0.3 is 5.32 Å².